The number of rotatable bonds is 20. The van der Waals surface area contributed by atoms with Gasteiger partial charge in [0.15, 0.2) is 0 Å². The molecule has 1 N–H and O–H groups in total. The Bertz CT molecular complexity index is 315. The Balaban J connectivity index is 3.35. The third-order valence-electron chi connectivity index (χ3n) is 5.52. The Morgan fingerprint density at radius 2 is 0.962 bits per heavy atom. The molecule has 0 heterocycles. The van der Waals surface area contributed by atoms with E-state index in [0.29, 0.717) is 6.42 Å². The summed E-state index contributed by atoms with van der Waals surface area (Å²) in [6.07, 6.45) is 21.5. The number of carboxylic acids is 1. The van der Waals surface area contributed by atoms with Gasteiger partial charge in [0.2, 0.25) is 0 Å². The van der Waals surface area contributed by atoms with Gasteiger partial charge < -0.3 is 9.59 Å². The van der Waals surface area contributed by atoms with Crippen molar-refractivity contribution in [1.82, 2.24) is 0 Å². The van der Waals surface area contributed by atoms with Crippen molar-refractivity contribution < 1.29 is 14.4 Å². The molecule has 156 valence electrons. The fraction of sp³-hybridized carbons (Fsp3) is 0.957. The fourth-order valence-corrected chi connectivity index (χ4v) is 3.66. The van der Waals surface area contributed by atoms with Crippen molar-refractivity contribution in [3.8, 4) is 0 Å². The minimum atomic E-state index is -0.656. The summed E-state index contributed by atoms with van der Waals surface area (Å²) >= 11 is 0. The molecule has 0 aromatic rings. The summed E-state index contributed by atoms with van der Waals surface area (Å²) < 4.78 is 1.16. The molecule has 0 saturated heterocycles. The normalized spacial score (nSPS) is 11.8. The van der Waals surface area contributed by atoms with Crippen molar-refractivity contribution in [3.05, 3.63) is 0 Å². The van der Waals surface area contributed by atoms with Crippen LogP contribution < -0.4 is 0 Å². The minimum Gasteiger partial charge on any atom is -0.481 e. The summed E-state index contributed by atoms with van der Waals surface area (Å²) in [6, 6.07) is 0. The molecule has 0 atom stereocenters. The van der Waals surface area contributed by atoms with Crippen LogP contribution in [-0.4, -0.2) is 42.7 Å². The van der Waals surface area contributed by atoms with Gasteiger partial charge in [-0.05, 0) is 32.1 Å². The summed E-state index contributed by atoms with van der Waals surface area (Å²) in [5.74, 6) is -0.656. The van der Waals surface area contributed by atoms with E-state index in [1.807, 2.05) is 0 Å². The molecule has 3 nitrogen and oxygen atoms in total. The Morgan fingerprint density at radius 3 is 1.35 bits per heavy atom. The zero-order chi connectivity index (χ0) is 19.5. The SMILES string of the molecule is CCCCCCCCCCCC[N+](C)(C)CCCCCCCCC(=O)O. The summed E-state index contributed by atoms with van der Waals surface area (Å²) in [5.41, 5.74) is 0. The molecular weight excluding hydrogens is 322 g/mol. The van der Waals surface area contributed by atoms with Crippen molar-refractivity contribution in [2.45, 2.75) is 116 Å². The summed E-state index contributed by atoms with van der Waals surface area (Å²) in [7, 11) is 4.75. The van der Waals surface area contributed by atoms with E-state index in [1.165, 1.54) is 103 Å². The van der Waals surface area contributed by atoms with Crippen LogP contribution in [0.2, 0.25) is 0 Å². The van der Waals surface area contributed by atoms with Gasteiger partial charge in [0.05, 0.1) is 27.2 Å². The largest absolute Gasteiger partial charge is 0.481 e. The highest BCUT2D eigenvalue weighted by molar-refractivity contribution is 5.66. The molecule has 0 aromatic heterocycles. The molecule has 0 aliphatic heterocycles. The molecule has 0 saturated carbocycles. The zero-order valence-corrected chi connectivity index (χ0v) is 18.2. The monoisotopic (exact) mass is 370 g/mol. The summed E-state index contributed by atoms with van der Waals surface area (Å²) in [4.78, 5) is 10.5. The maximum absolute atomic E-state index is 10.5. The van der Waals surface area contributed by atoms with Gasteiger partial charge in [-0.1, -0.05) is 77.6 Å². The summed E-state index contributed by atoms with van der Waals surface area (Å²) in [6.45, 7) is 4.88. The van der Waals surface area contributed by atoms with E-state index in [1.54, 1.807) is 0 Å². The first-order valence-electron chi connectivity index (χ1n) is 11.5. The standard InChI is InChI=1S/C23H47NO2/c1-4-5-6-7-8-9-10-12-15-18-21-24(2,3)22-19-16-13-11-14-17-20-23(25)26/h4-22H2,1-3H3/p+1. The molecule has 0 aliphatic carbocycles. The highest BCUT2D eigenvalue weighted by Crippen LogP contribution is 2.13. The predicted octanol–water partition coefficient (Wildman–Crippen LogP) is 6.80. The Kier molecular flexibility index (Phi) is 17.4. The second-order valence-electron chi connectivity index (χ2n) is 8.83. The first kappa shape index (κ1) is 25.4. The average molecular weight is 371 g/mol. The smallest absolute Gasteiger partial charge is 0.303 e. The molecule has 0 bridgehead atoms. The third kappa shape index (κ3) is 19.8. The first-order valence-corrected chi connectivity index (χ1v) is 11.5. The van der Waals surface area contributed by atoms with Gasteiger partial charge >= 0.3 is 5.97 Å². The highest BCUT2D eigenvalue weighted by Gasteiger charge is 2.13. The van der Waals surface area contributed by atoms with Gasteiger partial charge in [-0.15, -0.1) is 0 Å². The Morgan fingerprint density at radius 1 is 0.615 bits per heavy atom. The van der Waals surface area contributed by atoms with Crippen LogP contribution in [0.5, 0.6) is 0 Å². The molecule has 0 aliphatic rings. The van der Waals surface area contributed by atoms with E-state index in [9.17, 15) is 4.79 Å². The Labute approximate surface area is 164 Å². The third-order valence-corrected chi connectivity index (χ3v) is 5.52. The number of carbonyl (C=O) groups is 1. The van der Waals surface area contributed by atoms with Crippen molar-refractivity contribution >= 4 is 5.97 Å². The molecule has 3 heteroatoms. The van der Waals surface area contributed by atoms with Crippen LogP contribution in [0.4, 0.5) is 0 Å². The lowest BCUT2D eigenvalue weighted by Gasteiger charge is -2.30. The zero-order valence-electron chi connectivity index (χ0n) is 18.2. The first-order chi connectivity index (χ1) is 12.5. The van der Waals surface area contributed by atoms with Gasteiger partial charge in [-0.3, -0.25) is 4.79 Å². The lowest BCUT2D eigenvalue weighted by Crippen LogP contribution is -2.41. The van der Waals surface area contributed by atoms with Gasteiger partial charge in [-0.2, -0.15) is 0 Å². The van der Waals surface area contributed by atoms with Gasteiger partial charge in [0.25, 0.3) is 0 Å². The highest BCUT2D eigenvalue weighted by atomic mass is 16.4. The van der Waals surface area contributed by atoms with Crippen LogP contribution in [0, 0.1) is 0 Å². The number of carboxylic acid groups (broad SMARTS) is 1. The van der Waals surface area contributed by atoms with Gasteiger partial charge in [-0.25, -0.2) is 0 Å². The molecule has 0 fully saturated rings. The number of aliphatic carboxylic acids is 1. The second kappa shape index (κ2) is 17.8. The molecule has 0 unspecified atom stereocenters. The van der Waals surface area contributed by atoms with Crippen LogP contribution in [0.3, 0.4) is 0 Å². The van der Waals surface area contributed by atoms with Crippen LogP contribution in [-0.2, 0) is 4.79 Å². The maximum Gasteiger partial charge on any atom is 0.303 e. The molecular formula is C23H48NO2+. The average Bonchev–Trinajstić information content (AvgIpc) is 2.58. The maximum atomic E-state index is 10.5. The van der Waals surface area contributed by atoms with Crippen LogP contribution in [0.15, 0.2) is 0 Å². The quantitative estimate of drug-likeness (QED) is 0.189. The molecule has 0 radical (unpaired) electrons. The number of hydrogen-bond acceptors (Lipinski definition) is 1. The molecule has 0 rings (SSSR count). The van der Waals surface area contributed by atoms with E-state index in [0.717, 1.165) is 17.3 Å². The molecule has 0 aromatic carbocycles. The molecule has 0 spiro atoms. The van der Waals surface area contributed by atoms with E-state index >= 15 is 0 Å². The number of unbranched alkanes of at least 4 members (excludes halogenated alkanes) is 14. The minimum absolute atomic E-state index is 0.336. The Hall–Kier alpha value is -0.570. The van der Waals surface area contributed by atoms with Gasteiger partial charge in [0.1, 0.15) is 0 Å². The fourth-order valence-electron chi connectivity index (χ4n) is 3.66. The van der Waals surface area contributed by atoms with Gasteiger partial charge in [0, 0.05) is 6.42 Å². The lowest BCUT2D eigenvalue weighted by atomic mass is 10.1. The topological polar surface area (TPSA) is 37.3 Å². The number of quaternary nitrogens is 1. The van der Waals surface area contributed by atoms with E-state index in [2.05, 4.69) is 21.0 Å². The number of hydrogen-bond donors (Lipinski definition) is 1. The van der Waals surface area contributed by atoms with Crippen molar-refractivity contribution in [1.29, 1.82) is 0 Å². The van der Waals surface area contributed by atoms with Crippen molar-refractivity contribution in [2.24, 2.45) is 0 Å². The van der Waals surface area contributed by atoms with E-state index in [-0.39, 0.29) is 0 Å². The summed E-state index contributed by atoms with van der Waals surface area (Å²) in [5, 5.41) is 8.61. The van der Waals surface area contributed by atoms with Crippen molar-refractivity contribution in [2.75, 3.05) is 27.2 Å². The van der Waals surface area contributed by atoms with E-state index < -0.39 is 5.97 Å². The lowest BCUT2D eigenvalue weighted by molar-refractivity contribution is -0.890. The van der Waals surface area contributed by atoms with Crippen LogP contribution >= 0.6 is 0 Å². The molecule has 0 amide bonds. The van der Waals surface area contributed by atoms with Crippen LogP contribution in [0.25, 0.3) is 0 Å². The van der Waals surface area contributed by atoms with Crippen molar-refractivity contribution in [3.63, 3.8) is 0 Å². The predicted molar refractivity (Wildman–Crippen MR) is 114 cm³/mol. The number of nitrogens with zero attached hydrogens (tertiary/aromatic N) is 1. The molecule has 26 heavy (non-hydrogen) atoms. The van der Waals surface area contributed by atoms with E-state index in [4.69, 9.17) is 5.11 Å². The second-order valence-corrected chi connectivity index (χ2v) is 8.83. The van der Waals surface area contributed by atoms with Crippen LogP contribution in [0.1, 0.15) is 116 Å².